The summed E-state index contributed by atoms with van der Waals surface area (Å²) in [7, 11) is 0. The predicted molar refractivity (Wildman–Crippen MR) is 94.5 cm³/mol. The second-order valence-corrected chi connectivity index (χ2v) is 6.29. The molecule has 1 amide bonds. The minimum Gasteiger partial charge on any atom is -0.307 e. The predicted octanol–water partition coefficient (Wildman–Crippen LogP) is 3.62. The third kappa shape index (κ3) is 4.20. The lowest BCUT2D eigenvalue weighted by Crippen LogP contribution is -2.39. The summed E-state index contributed by atoms with van der Waals surface area (Å²) >= 11 is 0. The summed E-state index contributed by atoms with van der Waals surface area (Å²) in [4.78, 5) is 17.1. The summed E-state index contributed by atoms with van der Waals surface area (Å²) in [5.41, 5.74) is 3.32. The number of anilines is 1. The van der Waals surface area contributed by atoms with Crippen molar-refractivity contribution in [1.82, 2.24) is 4.90 Å². The largest absolute Gasteiger partial charge is 0.307 e. The highest BCUT2D eigenvalue weighted by Crippen LogP contribution is 2.20. The van der Waals surface area contributed by atoms with Crippen molar-refractivity contribution < 1.29 is 4.79 Å². The van der Waals surface area contributed by atoms with Crippen molar-refractivity contribution >= 4 is 11.6 Å². The molecule has 1 fully saturated rings. The number of carbonyl (C=O) groups excluding carboxylic acids is 1. The molecule has 3 nitrogen and oxygen atoms in total. The molecular weight excluding hydrogens is 284 g/mol. The Hall–Kier alpha value is -2.13. The van der Waals surface area contributed by atoms with Crippen molar-refractivity contribution in [3.8, 4) is 0 Å². The Balaban J connectivity index is 1.81. The number of benzene rings is 2. The minimum absolute atomic E-state index is 0.182. The molecule has 1 aliphatic rings. The maximum Gasteiger partial charge on any atom is 0.241 e. The van der Waals surface area contributed by atoms with Crippen molar-refractivity contribution in [2.75, 3.05) is 24.5 Å². The molecule has 0 spiro atoms. The zero-order valence-corrected chi connectivity index (χ0v) is 13.7. The van der Waals surface area contributed by atoms with E-state index in [1.54, 1.807) is 0 Å². The highest BCUT2D eigenvalue weighted by Gasteiger charge is 2.21. The minimum atomic E-state index is 0.182. The number of rotatable bonds is 5. The van der Waals surface area contributed by atoms with Gasteiger partial charge >= 0.3 is 0 Å². The van der Waals surface area contributed by atoms with Crippen LogP contribution in [0.25, 0.3) is 0 Å². The van der Waals surface area contributed by atoms with Crippen LogP contribution in [0.5, 0.6) is 0 Å². The monoisotopic (exact) mass is 308 g/mol. The van der Waals surface area contributed by atoms with Crippen LogP contribution in [0, 0.1) is 6.92 Å². The molecule has 23 heavy (non-hydrogen) atoms. The molecule has 0 bridgehead atoms. The van der Waals surface area contributed by atoms with Crippen LogP contribution in [0.15, 0.2) is 54.6 Å². The molecule has 1 saturated heterocycles. The fourth-order valence-electron chi connectivity index (χ4n) is 3.10. The van der Waals surface area contributed by atoms with Crippen LogP contribution >= 0.6 is 0 Å². The number of nitrogens with zero attached hydrogens (tertiary/aromatic N) is 2. The molecule has 2 aromatic carbocycles. The normalized spacial score (nSPS) is 14.8. The maximum atomic E-state index is 12.9. The Morgan fingerprint density at radius 2 is 1.78 bits per heavy atom. The molecule has 0 radical (unpaired) electrons. The van der Waals surface area contributed by atoms with E-state index in [2.05, 4.69) is 36.1 Å². The summed E-state index contributed by atoms with van der Waals surface area (Å²) in [6.07, 6.45) is 2.41. The summed E-state index contributed by atoms with van der Waals surface area (Å²) in [5, 5.41) is 0. The molecular formula is C20H24N2O. The molecule has 3 heteroatoms. The van der Waals surface area contributed by atoms with Gasteiger partial charge in [0.25, 0.3) is 0 Å². The van der Waals surface area contributed by atoms with Gasteiger partial charge in [-0.3, -0.25) is 9.69 Å². The van der Waals surface area contributed by atoms with Gasteiger partial charge in [-0.15, -0.1) is 0 Å². The van der Waals surface area contributed by atoms with E-state index in [0.717, 1.165) is 24.3 Å². The number of likely N-dealkylation sites (tertiary alicyclic amines) is 1. The third-order valence-corrected chi connectivity index (χ3v) is 4.36. The number of carbonyl (C=O) groups is 1. The zero-order valence-electron chi connectivity index (χ0n) is 13.7. The number of aryl methyl sites for hydroxylation is 1. The lowest BCUT2D eigenvalue weighted by molar-refractivity contribution is -0.119. The SMILES string of the molecule is Cc1cccc(N(Cc2ccccc2)C(=O)CN2CCCC2)c1. The number of hydrogen-bond acceptors (Lipinski definition) is 2. The fraction of sp³-hybridized carbons (Fsp3) is 0.350. The van der Waals surface area contributed by atoms with Gasteiger partial charge in [-0.2, -0.15) is 0 Å². The molecule has 1 aliphatic heterocycles. The van der Waals surface area contributed by atoms with Crippen LogP contribution in [0.3, 0.4) is 0 Å². The molecule has 0 aromatic heterocycles. The molecule has 3 rings (SSSR count). The Bertz CT molecular complexity index is 648. The van der Waals surface area contributed by atoms with E-state index in [-0.39, 0.29) is 5.91 Å². The first-order valence-electron chi connectivity index (χ1n) is 8.36. The van der Waals surface area contributed by atoms with Gasteiger partial charge in [-0.25, -0.2) is 0 Å². The average Bonchev–Trinajstić information content (AvgIpc) is 3.06. The van der Waals surface area contributed by atoms with Gasteiger partial charge in [0.15, 0.2) is 0 Å². The first kappa shape index (κ1) is 15.8. The van der Waals surface area contributed by atoms with Gasteiger partial charge in [-0.1, -0.05) is 42.5 Å². The van der Waals surface area contributed by atoms with Gasteiger partial charge in [0, 0.05) is 5.69 Å². The van der Waals surface area contributed by atoms with E-state index in [4.69, 9.17) is 0 Å². The maximum absolute atomic E-state index is 12.9. The van der Waals surface area contributed by atoms with Crippen molar-refractivity contribution in [1.29, 1.82) is 0 Å². The Morgan fingerprint density at radius 3 is 2.48 bits per heavy atom. The second-order valence-electron chi connectivity index (χ2n) is 6.29. The topological polar surface area (TPSA) is 23.6 Å². The first-order chi connectivity index (χ1) is 11.2. The van der Waals surface area contributed by atoms with E-state index in [1.165, 1.54) is 18.4 Å². The molecule has 1 heterocycles. The standard InChI is InChI=1S/C20H24N2O/c1-17-8-7-11-19(14-17)22(15-18-9-3-2-4-10-18)20(23)16-21-12-5-6-13-21/h2-4,7-11,14H,5-6,12-13,15-16H2,1H3. The van der Waals surface area contributed by atoms with Crippen LogP contribution in [-0.4, -0.2) is 30.4 Å². The molecule has 0 unspecified atom stereocenters. The highest BCUT2D eigenvalue weighted by atomic mass is 16.2. The molecule has 0 atom stereocenters. The quantitative estimate of drug-likeness (QED) is 0.842. The zero-order chi connectivity index (χ0) is 16.1. The Kier molecular flexibility index (Phi) is 5.09. The Labute approximate surface area is 138 Å². The first-order valence-corrected chi connectivity index (χ1v) is 8.36. The Morgan fingerprint density at radius 1 is 1.04 bits per heavy atom. The van der Waals surface area contributed by atoms with E-state index in [1.807, 2.05) is 35.2 Å². The van der Waals surface area contributed by atoms with Crippen LogP contribution in [0.2, 0.25) is 0 Å². The summed E-state index contributed by atoms with van der Waals surface area (Å²) in [5.74, 6) is 0.182. The van der Waals surface area contributed by atoms with Crippen molar-refractivity contribution in [2.24, 2.45) is 0 Å². The molecule has 0 N–H and O–H groups in total. The van der Waals surface area contributed by atoms with Crippen LogP contribution in [0.4, 0.5) is 5.69 Å². The number of amides is 1. The lowest BCUT2D eigenvalue weighted by Gasteiger charge is -2.26. The number of hydrogen-bond donors (Lipinski definition) is 0. The van der Waals surface area contributed by atoms with Crippen molar-refractivity contribution in [2.45, 2.75) is 26.3 Å². The molecule has 0 aliphatic carbocycles. The third-order valence-electron chi connectivity index (χ3n) is 4.36. The van der Waals surface area contributed by atoms with Gasteiger partial charge in [0.2, 0.25) is 5.91 Å². The summed E-state index contributed by atoms with van der Waals surface area (Å²) < 4.78 is 0. The van der Waals surface area contributed by atoms with Gasteiger partial charge in [0.1, 0.15) is 0 Å². The summed E-state index contributed by atoms with van der Waals surface area (Å²) in [6, 6.07) is 18.4. The van der Waals surface area contributed by atoms with Gasteiger partial charge in [-0.05, 0) is 56.1 Å². The average molecular weight is 308 g/mol. The van der Waals surface area contributed by atoms with Crippen LogP contribution < -0.4 is 4.90 Å². The lowest BCUT2D eigenvalue weighted by atomic mass is 10.1. The van der Waals surface area contributed by atoms with Crippen LogP contribution in [-0.2, 0) is 11.3 Å². The molecule has 120 valence electrons. The van der Waals surface area contributed by atoms with E-state index in [9.17, 15) is 4.79 Å². The second kappa shape index (κ2) is 7.42. The van der Waals surface area contributed by atoms with E-state index < -0.39 is 0 Å². The smallest absolute Gasteiger partial charge is 0.241 e. The van der Waals surface area contributed by atoms with Gasteiger partial charge < -0.3 is 4.90 Å². The van der Waals surface area contributed by atoms with E-state index in [0.29, 0.717) is 13.1 Å². The highest BCUT2D eigenvalue weighted by molar-refractivity contribution is 5.94. The van der Waals surface area contributed by atoms with Crippen molar-refractivity contribution in [3.63, 3.8) is 0 Å². The van der Waals surface area contributed by atoms with Crippen molar-refractivity contribution in [3.05, 3.63) is 65.7 Å². The van der Waals surface area contributed by atoms with E-state index >= 15 is 0 Å². The summed E-state index contributed by atoms with van der Waals surface area (Å²) in [6.45, 7) is 5.28. The van der Waals surface area contributed by atoms with Crippen LogP contribution in [0.1, 0.15) is 24.0 Å². The molecule has 0 saturated carbocycles. The molecule has 2 aromatic rings. The fourth-order valence-corrected chi connectivity index (χ4v) is 3.10. The van der Waals surface area contributed by atoms with Gasteiger partial charge in [0.05, 0.1) is 13.1 Å².